The van der Waals surface area contributed by atoms with Crippen molar-refractivity contribution in [3.63, 3.8) is 0 Å². The van der Waals surface area contributed by atoms with E-state index in [0.717, 1.165) is 5.56 Å². The number of carbonyl (C=O) groups is 1. The van der Waals surface area contributed by atoms with Crippen LogP contribution >= 0.6 is 0 Å². The summed E-state index contributed by atoms with van der Waals surface area (Å²) in [7, 11) is 0. The number of benzene rings is 2. The average Bonchev–Trinajstić information content (AvgIpc) is 2.73. The first kappa shape index (κ1) is 20.6. The maximum atomic E-state index is 13.0. The number of nitrogens with zero attached hydrogens (tertiary/aromatic N) is 2. The number of nitro benzene ring substituents is 1. The van der Waals surface area contributed by atoms with Gasteiger partial charge in [0.15, 0.2) is 0 Å². The van der Waals surface area contributed by atoms with Crippen LogP contribution in [0.15, 0.2) is 65.6 Å². The maximum absolute atomic E-state index is 13.0. The third-order valence-corrected chi connectivity index (χ3v) is 4.73. The van der Waals surface area contributed by atoms with E-state index >= 15 is 0 Å². The highest BCUT2D eigenvalue weighted by atomic mass is 16.6. The fourth-order valence-electron chi connectivity index (χ4n) is 3.37. The van der Waals surface area contributed by atoms with Gasteiger partial charge in [0.2, 0.25) is 5.88 Å². The summed E-state index contributed by atoms with van der Waals surface area (Å²) >= 11 is 0. The molecular formula is C22H19N3O5. The molecule has 1 aliphatic heterocycles. The van der Waals surface area contributed by atoms with Gasteiger partial charge < -0.3 is 15.2 Å². The van der Waals surface area contributed by atoms with Gasteiger partial charge in [-0.15, -0.1) is 0 Å². The highest BCUT2D eigenvalue weighted by Gasteiger charge is 2.39. The molecule has 0 saturated heterocycles. The van der Waals surface area contributed by atoms with Gasteiger partial charge in [0.1, 0.15) is 17.4 Å². The SMILES string of the molecule is CCOC(=O)C1=C(c2cccc([N+](=O)[O-])c2)OC(N)=C(C#N)C1c1ccccc1C. The Kier molecular flexibility index (Phi) is 5.83. The van der Waals surface area contributed by atoms with E-state index in [2.05, 4.69) is 0 Å². The Morgan fingerprint density at radius 3 is 2.67 bits per heavy atom. The number of ether oxygens (including phenoxy) is 2. The summed E-state index contributed by atoms with van der Waals surface area (Å²) < 4.78 is 10.9. The topological polar surface area (TPSA) is 128 Å². The Morgan fingerprint density at radius 2 is 2.03 bits per heavy atom. The molecule has 0 aromatic heterocycles. The Balaban J connectivity index is 2.33. The lowest BCUT2D eigenvalue weighted by atomic mass is 9.80. The van der Waals surface area contributed by atoms with Gasteiger partial charge in [0, 0.05) is 17.7 Å². The zero-order valence-electron chi connectivity index (χ0n) is 16.4. The fourth-order valence-corrected chi connectivity index (χ4v) is 3.37. The van der Waals surface area contributed by atoms with Gasteiger partial charge in [-0.1, -0.05) is 36.4 Å². The van der Waals surface area contributed by atoms with Crippen molar-refractivity contribution in [1.29, 1.82) is 5.26 Å². The molecule has 0 aliphatic carbocycles. The molecule has 2 N–H and O–H groups in total. The molecule has 0 fully saturated rings. The lowest BCUT2D eigenvalue weighted by molar-refractivity contribution is -0.384. The van der Waals surface area contributed by atoms with Crippen LogP contribution in [-0.4, -0.2) is 17.5 Å². The minimum atomic E-state index is -0.835. The van der Waals surface area contributed by atoms with Crippen LogP contribution in [0.2, 0.25) is 0 Å². The van der Waals surface area contributed by atoms with Gasteiger partial charge in [-0.25, -0.2) is 4.79 Å². The van der Waals surface area contributed by atoms with Crippen LogP contribution in [-0.2, 0) is 14.3 Å². The number of hydrogen-bond acceptors (Lipinski definition) is 7. The standard InChI is InChI=1S/C22H19N3O5/c1-3-29-22(26)19-18(16-10-5-4-7-13(16)2)17(12-23)21(24)30-20(19)14-8-6-9-15(11-14)25(27)28/h4-11,18H,3,24H2,1-2H3. The monoisotopic (exact) mass is 405 g/mol. The lowest BCUT2D eigenvalue weighted by Gasteiger charge is -2.29. The van der Waals surface area contributed by atoms with Crippen molar-refractivity contribution >= 4 is 17.4 Å². The van der Waals surface area contributed by atoms with E-state index in [1.165, 1.54) is 18.2 Å². The molecule has 30 heavy (non-hydrogen) atoms. The normalized spacial score (nSPS) is 16.0. The molecule has 1 unspecified atom stereocenters. The van der Waals surface area contributed by atoms with Crippen LogP contribution in [0.3, 0.4) is 0 Å². The minimum Gasteiger partial charge on any atom is -0.463 e. The van der Waals surface area contributed by atoms with E-state index in [9.17, 15) is 20.2 Å². The summed E-state index contributed by atoms with van der Waals surface area (Å²) in [6.07, 6.45) is 0. The van der Waals surface area contributed by atoms with Crippen molar-refractivity contribution in [3.05, 3.63) is 92.4 Å². The molecule has 2 aromatic carbocycles. The Hall–Kier alpha value is -4.12. The van der Waals surface area contributed by atoms with Crippen LogP contribution in [0.5, 0.6) is 0 Å². The number of hydrogen-bond donors (Lipinski definition) is 1. The van der Waals surface area contributed by atoms with Gasteiger partial charge in [0.25, 0.3) is 5.69 Å². The number of non-ortho nitro benzene ring substituents is 1. The summed E-state index contributed by atoms with van der Waals surface area (Å²) in [6.45, 7) is 3.62. The van der Waals surface area contributed by atoms with Gasteiger partial charge in [-0.05, 0) is 25.0 Å². The first-order valence-corrected chi connectivity index (χ1v) is 9.18. The van der Waals surface area contributed by atoms with Gasteiger partial charge in [-0.2, -0.15) is 5.26 Å². The second-order valence-corrected chi connectivity index (χ2v) is 6.55. The second kappa shape index (κ2) is 8.49. The first-order valence-electron chi connectivity index (χ1n) is 9.18. The number of nitriles is 1. The van der Waals surface area contributed by atoms with Crippen molar-refractivity contribution < 1.29 is 19.2 Å². The van der Waals surface area contributed by atoms with Crippen molar-refractivity contribution in [1.82, 2.24) is 0 Å². The lowest BCUT2D eigenvalue weighted by Crippen LogP contribution is -2.26. The number of carbonyl (C=O) groups excluding carboxylic acids is 1. The van der Waals surface area contributed by atoms with E-state index in [-0.39, 0.29) is 40.6 Å². The van der Waals surface area contributed by atoms with Gasteiger partial charge >= 0.3 is 5.97 Å². The molecule has 0 radical (unpaired) electrons. The number of esters is 1. The maximum Gasteiger partial charge on any atom is 0.338 e. The van der Waals surface area contributed by atoms with E-state index in [1.807, 2.05) is 25.1 Å². The van der Waals surface area contributed by atoms with Crippen molar-refractivity contribution in [2.24, 2.45) is 5.73 Å². The smallest absolute Gasteiger partial charge is 0.338 e. The van der Waals surface area contributed by atoms with Crippen molar-refractivity contribution in [2.75, 3.05) is 6.61 Å². The zero-order chi connectivity index (χ0) is 21.8. The van der Waals surface area contributed by atoms with E-state index < -0.39 is 16.8 Å². The number of aryl methyl sites for hydroxylation is 1. The molecule has 0 spiro atoms. The largest absolute Gasteiger partial charge is 0.463 e. The van der Waals surface area contributed by atoms with Crippen LogP contribution in [0, 0.1) is 28.4 Å². The third kappa shape index (κ3) is 3.73. The number of allylic oxidation sites excluding steroid dienone is 1. The van der Waals surface area contributed by atoms with Crippen LogP contribution < -0.4 is 5.73 Å². The molecule has 8 nitrogen and oxygen atoms in total. The molecule has 1 heterocycles. The van der Waals surface area contributed by atoms with Gasteiger partial charge in [0.05, 0.1) is 23.0 Å². The highest BCUT2D eigenvalue weighted by Crippen LogP contribution is 2.44. The first-order chi connectivity index (χ1) is 14.4. The quantitative estimate of drug-likeness (QED) is 0.456. The molecule has 2 aromatic rings. The van der Waals surface area contributed by atoms with Crippen LogP contribution in [0.1, 0.15) is 29.5 Å². The van der Waals surface area contributed by atoms with E-state index in [4.69, 9.17) is 15.2 Å². The molecule has 0 bridgehead atoms. The Labute approximate surface area is 173 Å². The molecular weight excluding hydrogens is 386 g/mol. The second-order valence-electron chi connectivity index (χ2n) is 6.55. The molecule has 0 amide bonds. The van der Waals surface area contributed by atoms with Crippen molar-refractivity contribution in [2.45, 2.75) is 19.8 Å². The molecule has 8 heteroatoms. The number of rotatable bonds is 5. The Morgan fingerprint density at radius 1 is 1.30 bits per heavy atom. The molecule has 3 rings (SSSR count). The minimum absolute atomic E-state index is 0.0295. The summed E-state index contributed by atoms with van der Waals surface area (Å²) in [6, 6.07) is 15.0. The molecule has 1 atom stereocenters. The average molecular weight is 405 g/mol. The van der Waals surface area contributed by atoms with Crippen LogP contribution in [0.4, 0.5) is 5.69 Å². The molecule has 152 valence electrons. The molecule has 1 aliphatic rings. The summed E-state index contributed by atoms with van der Waals surface area (Å²) in [5.41, 5.74) is 7.82. The highest BCUT2D eigenvalue weighted by molar-refractivity contribution is 6.00. The summed E-state index contributed by atoms with van der Waals surface area (Å²) in [5, 5.41) is 21.0. The van der Waals surface area contributed by atoms with E-state index in [0.29, 0.717) is 5.56 Å². The number of nitro groups is 1. The molecule has 0 saturated carbocycles. The third-order valence-electron chi connectivity index (χ3n) is 4.73. The van der Waals surface area contributed by atoms with Crippen molar-refractivity contribution in [3.8, 4) is 6.07 Å². The van der Waals surface area contributed by atoms with Crippen LogP contribution in [0.25, 0.3) is 5.76 Å². The predicted octanol–water partition coefficient (Wildman–Crippen LogP) is 3.69. The van der Waals surface area contributed by atoms with Gasteiger partial charge in [-0.3, -0.25) is 10.1 Å². The summed E-state index contributed by atoms with van der Waals surface area (Å²) in [4.78, 5) is 23.7. The van der Waals surface area contributed by atoms with E-state index in [1.54, 1.807) is 25.1 Å². The Bertz CT molecular complexity index is 1130. The predicted molar refractivity (Wildman–Crippen MR) is 108 cm³/mol. The zero-order valence-corrected chi connectivity index (χ0v) is 16.4. The fraction of sp³-hybridized carbons (Fsp3) is 0.182. The number of nitrogens with two attached hydrogens (primary N) is 1. The summed E-state index contributed by atoms with van der Waals surface area (Å²) in [5.74, 6) is -1.66.